The number of aliphatic imine (C=N–C) groups is 2. The molecule has 1 unspecified atom stereocenters. The first kappa shape index (κ1) is 33.5. The van der Waals surface area contributed by atoms with Gasteiger partial charge in [-0.25, -0.2) is 9.98 Å². The SMILES string of the molecule is c1ccc(C2=NC(c3cccc(Nc4cc(-c5cccc6c5sc5ccccc56)ccc4-c4cccc(-c5ccccc5)c4)c3)=NC(c3ccccc3)N2)cc1. The van der Waals surface area contributed by atoms with E-state index in [9.17, 15) is 0 Å². The van der Waals surface area contributed by atoms with Crippen LogP contribution in [-0.4, -0.2) is 11.7 Å². The maximum atomic E-state index is 5.14. The van der Waals surface area contributed by atoms with Crippen LogP contribution in [0, 0.1) is 0 Å². The van der Waals surface area contributed by atoms with Crippen LogP contribution >= 0.6 is 11.3 Å². The lowest BCUT2D eigenvalue weighted by Crippen LogP contribution is -2.33. The van der Waals surface area contributed by atoms with Crippen molar-refractivity contribution in [2.45, 2.75) is 6.17 Å². The van der Waals surface area contributed by atoms with Crippen molar-refractivity contribution in [1.29, 1.82) is 0 Å². The fourth-order valence-electron chi connectivity index (χ4n) is 7.56. The molecule has 0 aliphatic carbocycles. The summed E-state index contributed by atoms with van der Waals surface area (Å²) in [5.74, 6) is 1.48. The molecule has 56 heavy (non-hydrogen) atoms. The molecule has 9 aromatic rings. The number of nitrogens with one attached hydrogen (secondary N) is 2. The first-order valence-electron chi connectivity index (χ1n) is 18.8. The minimum absolute atomic E-state index is 0.271. The van der Waals surface area contributed by atoms with Gasteiger partial charge in [-0.3, -0.25) is 0 Å². The average Bonchev–Trinajstić information content (AvgIpc) is 3.66. The second kappa shape index (κ2) is 14.6. The van der Waals surface area contributed by atoms with E-state index in [2.05, 4.69) is 174 Å². The Morgan fingerprint density at radius 3 is 1.95 bits per heavy atom. The molecule has 2 heterocycles. The molecule has 1 atom stereocenters. The molecule has 10 rings (SSSR count). The number of anilines is 2. The molecule has 4 nitrogen and oxygen atoms in total. The largest absolute Gasteiger partial charge is 0.355 e. The number of hydrogen-bond donors (Lipinski definition) is 2. The lowest BCUT2D eigenvalue weighted by atomic mass is 9.95. The molecule has 8 aromatic carbocycles. The quantitative estimate of drug-likeness (QED) is 0.163. The molecule has 0 radical (unpaired) electrons. The van der Waals surface area contributed by atoms with Crippen LogP contribution in [0.25, 0.3) is 53.6 Å². The van der Waals surface area contributed by atoms with Gasteiger partial charge >= 0.3 is 0 Å². The van der Waals surface area contributed by atoms with E-state index in [1.807, 2.05) is 47.7 Å². The van der Waals surface area contributed by atoms with E-state index >= 15 is 0 Å². The Kier molecular flexibility index (Phi) is 8.75. The molecule has 5 heteroatoms. The standard InChI is InChI=1S/C51H36N4S/c1-4-15-34(16-5-1)37-21-12-22-38(31-37)42-30-29-39(43-26-14-27-45-44-25-10-11-28-47(44)56-48(43)45)33-46(42)52-41-24-13-23-40(32-41)51-54-49(35-17-6-2-7-18-35)53-50(55-51)36-19-8-3-9-20-36/h1-33,49,52H,(H,53,54,55). The first-order valence-corrected chi connectivity index (χ1v) is 19.7. The van der Waals surface area contributed by atoms with Gasteiger partial charge < -0.3 is 10.6 Å². The van der Waals surface area contributed by atoms with Crippen LogP contribution in [0.15, 0.2) is 210 Å². The third kappa shape index (κ3) is 6.55. The zero-order valence-corrected chi connectivity index (χ0v) is 31.2. The average molecular weight is 737 g/mol. The highest BCUT2D eigenvalue weighted by molar-refractivity contribution is 7.26. The number of thiophene rings is 1. The van der Waals surface area contributed by atoms with E-state index < -0.39 is 0 Å². The van der Waals surface area contributed by atoms with Crippen LogP contribution in [0.2, 0.25) is 0 Å². The lowest BCUT2D eigenvalue weighted by Gasteiger charge is -2.24. The molecule has 1 aromatic heterocycles. The topological polar surface area (TPSA) is 48.8 Å². The summed E-state index contributed by atoms with van der Waals surface area (Å²) in [5.41, 5.74) is 12.0. The monoisotopic (exact) mass is 736 g/mol. The summed E-state index contributed by atoms with van der Waals surface area (Å²) in [5, 5.41) is 10.0. The number of rotatable bonds is 8. The second-order valence-corrected chi connectivity index (χ2v) is 15.0. The number of benzene rings is 8. The van der Waals surface area contributed by atoms with Gasteiger partial charge in [0.05, 0.1) is 0 Å². The smallest absolute Gasteiger partial charge is 0.159 e. The molecule has 1 aliphatic rings. The van der Waals surface area contributed by atoms with Crippen LogP contribution in [0.5, 0.6) is 0 Å². The van der Waals surface area contributed by atoms with E-state index in [0.717, 1.165) is 50.6 Å². The highest BCUT2D eigenvalue weighted by Crippen LogP contribution is 2.42. The molecule has 1 aliphatic heterocycles. The van der Waals surface area contributed by atoms with Crippen LogP contribution in [-0.2, 0) is 0 Å². The van der Waals surface area contributed by atoms with Gasteiger partial charge in [0.25, 0.3) is 0 Å². The van der Waals surface area contributed by atoms with Crippen molar-refractivity contribution in [2.24, 2.45) is 9.98 Å². The molecule has 2 N–H and O–H groups in total. The maximum absolute atomic E-state index is 5.14. The minimum Gasteiger partial charge on any atom is -0.355 e. The summed E-state index contributed by atoms with van der Waals surface area (Å²) in [6, 6.07) is 70.6. The zero-order chi connectivity index (χ0) is 37.3. The van der Waals surface area contributed by atoms with Crippen molar-refractivity contribution in [3.8, 4) is 33.4 Å². The summed E-state index contributed by atoms with van der Waals surface area (Å²) in [4.78, 5) is 10.2. The molecular weight excluding hydrogens is 701 g/mol. The second-order valence-electron chi connectivity index (χ2n) is 13.9. The van der Waals surface area contributed by atoms with Crippen LogP contribution in [0.3, 0.4) is 0 Å². The molecule has 0 saturated carbocycles. The minimum atomic E-state index is -0.271. The van der Waals surface area contributed by atoms with E-state index in [1.54, 1.807) is 0 Å². The van der Waals surface area contributed by atoms with Crippen molar-refractivity contribution < 1.29 is 0 Å². The van der Waals surface area contributed by atoms with E-state index in [0.29, 0.717) is 5.84 Å². The molecular formula is C51H36N4S. The van der Waals surface area contributed by atoms with Gasteiger partial charge in [0.15, 0.2) is 5.84 Å². The number of nitrogens with zero attached hydrogens (tertiary/aromatic N) is 2. The summed E-state index contributed by atoms with van der Waals surface area (Å²) < 4.78 is 2.59. The number of amidine groups is 2. The van der Waals surface area contributed by atoms with Crippen molar-refractivity contribution >= 4 is 54.6 Å². The highest BCUT2D eigenvalue weighted by Gasteiger charge is 2.21. The van der Waals surface area contributed by atoms with E-state index in [4.69, 9.17) is 9.98 Å². The van der Waals surface area contributed by atoms with Crippen molar-refractivity contribution in [2.75, 3.05) is 5.32 Å². The molecule has 266 valence electrons. The van der Waals surface area contributed by atoms with Crippen molar-refractivity contribution in [3.05, 3.63) is 217 Å². The van der Waals surface area contributed by atoms with Gasteiger partial charge in [-0.1, -0.05) is 170 Å². The van der Waals surface area contributed by atoms with Crippen molar-refractivity contribution in [3.63, 3.8) is 0 Å². The fourth-order valence-corrected chi connectivity index (χ4v) is 8.80. The van der Waals surface area contributed by atoms with Crippen LogP contribution < -0.4 is 10.6 Å². The summed E-state index contributed by atoms with van der Waals surface area (Å²) in [6.45, 7) is 0. The van der Waals surface area contributed by atoms with E-state index in [1.165, 1.54) is 36.9 Å². The van der Waals surface area contributed by atoms with Gasteiger partial charge in [0, 0.05) is 48.2 Å². The molecule has 0 amide bonds. The Labute approximate surface area is 330 Å². The highest BCUT2D eigenvalue weighted by atomic mass is 32.1. The Hall–Kier alpha value is -7.08. The number of fused-ring (bicyclic) bond motifs is 3. The maximum Gasteiger partial charge on any atom is 0.159 e. The Morgan fingerprint density at radius 1 is 0.464 bits per heavy atom. The Morgan fingerprint density at radius 2 is 1.11 bits per heavy atom. The van der Waals surface area contributed by atoms with Crippen molar-refractivity contribution in [1.82, 2.24) is 5.32 Å². The van der Waals surface area contributed by atoms with Crippen LogP contribution in [0.4, 0.5) is 11.4 Å². The Bertz CT molecular complexity index is 2910. The van der Waals surface area contributed by atoms with Crippen LogP contribution in [0.1, 0.15) is 22.9 Å². The normalized spacial score (nSPS) is 13.9. The first-order chi connectivity index (χ1) is 27.7. The van der Waals surface area contributed by atoms with Gasteiger partial charge in [-0.05, 0) is 63.7 Å². The Balaban J connectivity index is 1.08. The molecule has 0 fully saturated rings. The zero-order valence-electron chi connectivity index (χ0n) is 30.4. The van der Waals surface area contributed by atoms with Gasteiger partial charge in [-0.15, -0.1) is 11.3 Å². The summed E-state index contributed by atoms with van der Waals surface area (Å²) in [7, 11) is 0. The predicted molar refractivity (Wildman–Crippen MR) is 237 cm³/mol. The fraction of sp³-hybridized carbons (Fsp3) is 0.0196. The summed E-state index contributed by atoms with van der Waals surface area (Å²) >= 11 is 1.86. The third-order valence-electron chi connectivity index (χ3n) is 10.3. The lowest BCUT2D eigenvalue weighted by molar-refractivity contribution is 0.674. The van der Waals surface area contributed by atoms with E-state index in [-0.39, 0.29) is 6.17 Å². The molecule has 0 saturated heterocycles. The molecule has 0 bridgehead atoms. The summed E-state index contributed by atoms with van der Waals surface area (Å²) in [6.07, 6.45) is -0.271. The predicted octanol–water partition coefficient (Wildman–Crippen LogP) is 13.3. The molecule has 0 spiro atoms. The third-order valence-corrected chi connectivity index (χ3v) is 11.5. The van der Waals surface area contributed by atoms with Gasteiger partial charge in [0.1, 0.15) is 12.0 Å². The van der Waals surface area contributed by atoms with Gasteiger partial charge in [-0.2, -0.15) is 0 Å². The van der Waals surface area contributed by atoms with Gasteiger partial charge in [0.2, 0.25) is 0 Å². The number of hydrogen-bond acceptors (Lipinski definition) is 5.